The number of aryl methyl sites for hydroxylation is 1. The Morgan fingerprint density at radius 2 is 2.38 bits per heavy atom. The molecule has 3 nitrogen and oxygen atoms in total. The Morgan fingerprint density at radius 1 is 1.48 bits per heavy atom. The molecule has 1 aliphatic carbocycles. The smallest absolute Gasteiger partial charge is 0.0734 e. The first-order valence-electron chi connectivity index (χ1n) is 7.86. The molecule has 0 N–H and O–H groups in total. The molecule has 0 radical (unpaired) electrons. The van der Waals surface area contributed by atoms with Gasteiger partial charge in [0.1, 0.15) is 0 Å². The van der Waals surface area contributed by atoms with Crippen LogP contribution in [0.25, 0.3) is 0 Å². The van der Waals surface area contributed by atoms with E-state index in [0.29, 0.717) is 24.7 Å². The lowest BCUT2D eigenvalue weighted by atomic mass is 10.1. The molecule has 1 aliphatic heterocycles. The summed E-state index contributed by atoms with van der Waals surface area (Å²) in [6.07, 6.45) is 4.56. The molecule has 3 atom stereocenters. The Hall–Kier alpha value is -0.680. The largest absolute Gasteiger partial charge is 0.377 e. The molecule has 3 rings (SSSR count). The van der Waals surface area contributed by atoms with Crippen molar-refractivity contribution in [2.45, 2.75) is 38.5 Å². The van der Waals surface area contributed by atoms with Crippen molar-refractivity contribution in [1.29, 1.82) is 0 Å². The molecule has 1 aromatic rings. The molecule has 21 heavy (non-hydrogen) atoms. The van der Waals surface area contributed by atoms with Crippen LogP contribution in [0.15, 0.2) is 24.8 Å². The van der Waals surface area contributed by atoms with Crippen molar-refractivity contribution in [3.63, 3.8) is 0 Å². The average molecular weight is 307 g/mol. The Labute approximate surface area is 131 Å². The number of nitrogens with zero attached hydrogens (tertiary/aromatic N) is 1. The summed E-state index contributed by atoms with van der Waals surface area (Å²) < 4.78 is 11.6. The van der Waals surface area contributed by atoms with E-state index in [1.807, 2.05) is 17.4 Å². The summed E-state index contributed by atoms with van der Waals surface area (Å²) in [5, 5.41) is 0. The first kappa shape index (κ1) is 15.2. The number of rotatable bonds is 6. The van der Waals surface area contributed by atoms with E-state index in [1.165, 1.54) is 16.2 Å². The predicted octanol–water partition coefficient (Wildman–Crippen LogP) is 3.24. The standard InChI is InChI=1S/C17H25NO2S/c1-3-7-19-12-14-9-16-17(10-14)20-8-6-18(16)11-15-5-4-13(2)21-15/h3-5,14,16-17H,1,6-12H2,2H3/t14?,16-,17-/m1/s1. The fourth-order valence-electron chi connectivity index (χ4n) is 3.55. The van der Waals surface area contributed by atoms with E-state index in [4.69, 9.17) is 9.47 Å². The SMILES string of the molecule is C=CCOCC1C[C@@H]2[C@@H](C1)OCCN2Cc1ccc(C)s1. The third-order valence-electron chi connectivity index (χ3n) is 4.49. The summed E-state index contributed by atoms with van der Waals surface area (Å²) in [4.78, 5) is 5.49. The molecule has 1 saturated carbocycles. The van der Waals surface area contributed by atoms with E-state index < -0.39 is 0 Å². The summed E-state index contributed by atoms with van der Waals surface area (Å²) in [6, 6.07) is 5.06. The zero-order valence-electron chi connectivity index (χ0n) is 12.8. The summed E-state index contributed by atoms with van der Waals surface area (Å²) >= 11 is 1.91. The molecule has 0 amide bonds. The minimum absolute atomic E-state index is 0.400. The topological polar surface area (TPSA) is 21.7 Å². The van der Waals surface area contributed by atoms with E-state index in [0.717, 1.165) is 32.7 Å². The van der Waals surface area contributed by atoms with E-state index in [-0.39, 0.29) is 0 Å². The second-order valence-corrected chi connectivity index (χ2v) is 7.50. The van der Waals surface area contributed by atoms with Crippen molar-refractivity contribution in [3.05, 3.63) is 34.5 Å². The molecular weight excluding hydrogens is 282 g/mol. The summed E-state index contributed by atoms with van der Waals surface area (Å²) in [5.41, 5.74) is 0. The van der Waals surface area contributed by atoms with Crippen LogP contribution in [0.2, 0.25) is 0 Å². The lowest BCUT2D eigenvalue weighted by molar-refractivity contribution is -0.0587. The number of hydrogen-bond acceptors (Lipinski definition) is 4. The molecule has 2 heterocycles. The van der Waals surface area contributed by atoms with E-state index in [9.17, 15) is 0 Å². The second-order valence-electron chi connectivity index (χ2n) is 6.12. The summed E-state index contributed by atoms with van der Waals surface area (Å²) in [6.45, 7) is 10.4. The van der Waals surface area contributed by atoms with Crippen molar-refractivity contribution in [1.82, 2.24) is 4.90 Å². The zero-order chi connectivity index (χ0) is 14.7. The van der Waals surface area contributed by atoms with E-state index in [1.54, 1.807) is 0 Å². The van der Waals surface area contributed by atoms with Gasteiger partial charge in [-0.05, 0) is 37.8 Å². The lowest BCUT2D eigenvalue weighted by Crippen LogP contribution is -2.47. The molecular formula is C17H25NO2S. The highest BCUT2D eigenvalue weighted by Crippen LogP contribution is 2.35. The Bertz CT molecular complexity index is 473. The first-order chi connectivity index (χ1) is 10.3. The maximum absolute atomic E-state index is 6.00. The van der Waals surface area contributed by atoms with Crippen LogP contribution < -0.4 is 0 Å². The summed E-state index contributed by atoms with van der Waals surface area (Å²) in [7, 11) is 0. The average Bonchev–Trinajstić information content (AvgIpc) is 3.06. The van der Waals surface area contributed by atoms with Gasteiger partial charge in [0, 0.05) is 35.5 Å². The van der Waals surface area contributed by atoms with Crippen LogP contribution in [0.4, 0.5) is 0 Å². The van der Waals surface area contributed by atoms with Gasteiger partial charge < -0.3 is 9.47 Å². The second kappa shape index (κ2) is 7.05. The zero-order valence-corrected chi connectivity index (χ0v) is 13.6. The van der Waals surface area contributed by atoms with E-state index >= 15 is 0 Å². The minimum Gasteiger partial charge on any atom is -0.377 e. The maximum atomic E-state index is 6.00. The highest BCUT2D eigenvalue weighted by molar-refractivity contribution is 7.11. The van der Waals surface area contributed by atoms with Gasteiger partial charge in [-0.25, -0.2) is 0 Å². The number of morpholine rings is 1. The monoisotopic (exact) mass is 307 g/mol. The number of hydrogen-bond donors (Lipinski definition) is 0. The van der Waals surface area contributed by atoms with Crippen LogP contribution in [-0.4, -0.2) is 43.4 Å². The van der Waals surface area contributed by atoms with Crippen molar-refractivity contribution in [2.24, 2.45) is 5.92 Å². The molecule has 0 bridgehead atoms. The van der Waals surface area contributed by atoms with Crippen LogP contribution in [0, 0.1) is 12.8 Å². The quantitative estimate of drug-likeness (QED) is 0.595. The molecule has 1 unspecified atom stereocenters. The van der Waals surface area contributed by atoms with Crippen molar-refractivity contribution < 1.29 is 9.47 Å². The first-order valence-corrected chi connectivity index (χ1v) is 8.67. The molecule has 4 heteroatoms. The van der Waals surface area contributed by atoms with Gasteiger partial charge in [0.25, 0.3) is 0 Å². The van der Waals surface area contributed by atoms with Crippen molar-refractivity contribution in [2.75, 3.05) is 26.4 Å². The normalized spacial score (nSPS) is 29.5. The Balaban J connectivity index is 1.57. The highest BCUT2D eigenvalue weighted by Gasteiger charge is 2.40. The molecule has 2 aliphatic rings. The van der Waals surface area contributed by atoms with Crippen LogP contribution >= 0.6 is 11.3 Å². The number of thiophene rings is 1. The van der Waals surface area contributed by atoms with Gasteiger partial charge in [-0.15, -0.1) is 17.9 Å². The van der Waals surface area contributed by atoms with Gasteiger partial charge >= 0.3 is 0 Å². The fourth-order valence-corrected chi connectivity index (χ4v) is 4.46. The fraction of sp³-hybridized carbons (Fsp3) is 0.647. The molecule has 0 spiro atoms. The molecule has 116 valence electrons. The van der Waals surface area contributed by atoms with Gasteiger partial charge in [-0.2, -0.15) is 0 Å². The van der Waals surface area contributed by atoms with Crippen LogP contribution in [0.5, 0.6) is 0 Å². The van der Waals surface area contributed by atoms with E-state index in [2.05, 4.69) is 30.5 Å². The van der Waals surface area contributed by atoms with Gasteiger partial charge in [0.05, 0.1) is 19.3 Å². The van der Waals surface area contributed by atoms with Crippen LogP contribution in [0.1, 0.15) is 22.6 Å². The Kier molecular flexibility index (Phi) is 5.11. The van der Waals surface area contributed by atoms with Gasteiger partial charge in [0.15, 0.2) is 0 Å². The number of fused-ring (bicyclic) bond motifs is 1. The van der Waals surface area contributed by atoms with Gasteiger partial charge in [-0.3, -0.25) is 4.90 Å². The highest BCUT2D eigenvalue weighted by atomic mass is 32.1. The Morgan fingerprint density at radius 3 is 3.14 bits per heavy atom. The third-order valence-corrected chi connectivity index (χ3v) is 5.48. The van der Waals surface area contributed by atoms with Gasteiger partial charge in [0.2, 0.25) is 0 Å². The molecule has 2 fully saturated rings. The van der Waals surface area contributed by atoms with Crippen LogP contribution in [-0.2, 0) is 16.0 Å². The molecule has 0 aromatic carbocycles. The number of ether oxygens (including phenoxy) is 2. The van der Waals surface area contributed by atoms with Gasteiger partial charge in [-0.1, -0.05) is 6.08 Å². The lowest BCUT2D eigenvalue weighted by Gasteiger charge is -2.37. The third kappa shape index (κ3) is 3.75. The van der Waals surface area contributed by atoms with Crippen molar-refractivity contribution >= 4 is 11.3 Å². The summed E-state index contributed by atoms with van der Waals surface area (Å²) in [5.74, 6) is 0.630. The predicted molar refractivity (Wildman–Crippen MR) is 86.7 cm³/mol. The molecule has 1 saturated heterocycles. The molecule has 1 aromatic heterocycles. The van der Waals surface area contributed by atoms with Crippen molar-refractivity contribution in [3.8, 4) is 0 Å². The van der Waals surface area contributed by atoms with Crippen LogP contribution in [0.3, 0.4) is 0 Å². The minimum atomic E-state index is 0.400. The maximum Gasteiger partial charge on any atom is 0.0734 e.